The minimum absolute atomic E-state index is 0.374. The van der Waals surface area contributed by atoms with E-state index in [9.17, 15) is 0 Å². The van der Waals surface area contributed by atoms with Crippen LogP contribution in [0.3, 0.4) is 0 Å². The first-order valence-electron chi connectivity index (χ1n) is 4.13. The maximum Gasteiger partial charge on any atom is 0.195 e. The average molecular weight is 244 g/mol. The second-order valence-electron chi connectivity index (χ2n) is 2.89. The topological polar surface area (TPSA) is 80.5 Å². The zero-order valence-corrected chi connectivity index (χ0v) is 9.00. The van der Waals surface area contributed by atoms with Crippen molar-refractivity contribution in [2.45, 2.75) is 6.04 Å². The summed E-state index contributed by atoms with van der Waals surface area (Å²) in [6.45, 7) is 0. The van der Waals surface area contributed by atoms with E-state index in [-0.39, 0.29) is 0 Å². The number of hydrogen-bond acceptors (Lipinski definition) is 4. The monoisotopic (exact) mass is 243 g/mol. The van der Waals surface area contributed by atoms with Crippen LogP contribution >= 0.6 is 23.2 Å². The standard InChI is InChI=1S/C8H7Cl2N5/c9-5-3-1-2-4(6(5)10)7(11)8-12-14-15-13-8/h1-3,7H,11H2,(H,12,13,14,15). The molecule has 0 aliphatic heterocycles. The number of aromatic amines is 1. The van der Waals surface area contributed by atoms with Crippen molar-refractivity contribution in [1.29, 1.82) is 0 Å². The van der Waals surface area contributed by atoms with Crippen molar-refractivity contribution in [1.82, 2.24) is 20.6 Å². The Hall–Kier alpha value is -1.17. The molecule has 1 aromatic carbocycles. The molecule has 0 radical (unpaired) electrons. The first-order valence-corrected chi connectivity index (χ1v) is 4.88. The van der Waals surface area contributed by atoms with Gasteiger partial charge in [0.15, 0.2) is 5.82 Å². The highest BCUT2D eigenvalue weighted by Crippen LogP contribution is 2.30. The number of benzene rings is 1. The van der Waals surface area contributed by atoms with Crippen LogP contribution in [0.2, 0.25) is 10.0 Å². The molecular formula is C8H7Cl2N5. The molecule has 0 aliphatic carbocycles. The highest BCUT2D eigenvalue weighted by molar-refractivity contribution is 6.42. The molecular weight excluding hydrogens is 237 g/mol. The number of tetrazole rings is 1. The minimum Gasteiger partial charge on any atom is -0.317 e. The summed E-state index contributed by atoms with van der Waals surface area (Å²) in [6, 6.07) is 4.70. The number of nitrogens with one attached hydrogen (secondary N) is 1. The van der Waals surface area contributed by atoms with Gasteiger partial charge in [-0.3, -0.25) is 0 Å². The van der Waals surface area contributed by atoms with Crippen molar-refractivity contribution in [3.63, 3.8) is 0 Å². The van der Waals surface area contributed by atoms with E-state index in [1.54, 1.807) is 18.2 Å². The highest BCUT2D eigenvalue weighted by atomic mass is 35.5. The molecule has 0 bridgehead atoms. The van der Waals surface area contributed by atoms with Crippen LogP contribution in [-0.4, -0.2) is 20.6 Å². The van der Waals surface area contributed by atoms with Gasteiger partial charge >= 0.3 is 0 Å². The van der Waals surface area contributed by atoms with Gasteiger partial charge in [0, 0.05) is 0 Å². The maximum atomic E-state index is 6.01. The van der Waals surface area contributed by atoms with Gasteiger partial charge in [-0.1, -0.05) is 40.5 Å². The third-order valence-electron chi connectivity index (χ3n) is 1.96. The van der Waals surface area contributed by atoms with Gasteiger partial charge < -0.3 is 5.73 Å². The Balaban J connectivity index is 2.42. The number of hydrogen-bond donors (Lipinski definition) is 2. The largest absolute Gasteiger partial charge is 0.317 e. The maximum absolute atomic E-state index is 6.01. The second kappa shape index (κ2) is 4.14. The molecule has 5 nitrogen and oxygen atoms in total. The summed E-state index contributed by atoms with van der Waals surface area (Å²) in [5.74, 6) is 0.374. The average Bonchev–Trinajstić information content (AvgIpc) is 2.74. The Kier molecular flexibility index (Phi) is 2.86. The van der Waals surface area contributed by atoms with Crippen LogP contribution in [-0.2, 0) is 0 Å². The fourth-order valence-corrected chi connectivity index (χ4v) is 1.63. The van der Waals surface area contributed by atoms with E-state index in [1.165, 1.54) is 0 Å². The normalized spacial score (nSPS) is 12.7. The molecule has 0 fully saturated rings. The van der Waals surface area contributed by atoms with E-state index in [4.69, 9.17) is 28.9 Å². The zero-order chi connectivity index (χ0) is 10.8. The molecule has 0 aliphatic rings. The van der Waals surface area contributed by atoms with Gasteiger partial charge in [-0.25, -0.2) is 0 Å². The van der Waals surface area contributed by atoms with Gasteiger partial charge in [0.1, 0.15) is 0 Å². The molecule has 3 N–H and O–H groups in total. The highest BCUT2D eigenvalue weighted by Gasteiger charge is 2.17. The second-order valence-corrected chi connectivity index (χ2v) is 3.68. The molecule has 1 unspecified atom stereocenters. The molecule has 7 heteroatoms. The Morgan fingerprint density at radius 3 is 2.80 bits per heavy atom. The number of rotatable bonds is 2. The molecule has 2 rings (SSSR count). The fourth-order valence-electron chi connectivity index (χ4n) is 1.20. The number of nitrogens with two attached hydrogens (primary N) is 1. The Bertz CT molecular complexity index is 456. The fraction of sp³-hybridized carbons (Fsp3) is 0.125. The number of aromatic nitrogens is 4. The molecule has 0 amide bonds. The SMILES string of the molecule is NC(c1nn[nH]n1)c1cccc(Cl)c1Cl. The summed E-state index contributed by atoms with van der Waals surface area (Å²) >= 11 is 11.9. The van der Waals surface area contributed by atoms with Crippen molar-refractivity contribution < 1.29 is 0 Å². The minimum atomic E-state index is -0.532. The molecule has 1 heterocycles. The number of H-pyrrole nitrogens is 1. The third-order valence-corrected chi connectivity index (χ3v) is 2.79. The van der Waals surface area contributed by atoms with Crippen molar-refractivity contribution in [2.24, 2.45) is 5.73 Å². The van der Waals surface area contributed by atoms with Crippen molar-refractivity contribution in [2.75, 3.05) is 0 Å². The predicted octanol–water partition coefficient (Wildman–Crippen LogP) is 1.55. The first-order chi connectivity index (χ1) is 7.20. The summed E-state index contributed by atoms with van der Waals surface area (Å²) < 4.78 is 0. The van der Waals surface area contributed by atoms with Crippen LogP contribution in [0.1, 0.15) is 17.4 Å². The summed E-state index contributed by atoms with van der Waals surface area (Å²) in [5, 5.41) is 14.2. The van der Waals surface area contributed by atoms with Crippen LogP contribution in [0.25, 0.3) is 0 Å². The Morgan fingerprint density at radius 2 is 2.13 bits per heavy atom. The van der Waals surface area contributed by atoms with Gasteiger partial charge in [-0.05, 0) is 11.6 Å². The van der Waals surface area contributed by atoms with Gasteiger partial charge in [0.05, 0.1) is 16.1 Å². The summed E-state index contributed by atoms with van der Waals surface area (Å²) in [5.41, 5.74) is 6.57. The lowest BCUT2D eigenvalue weighted by Gasteiger charge is -2.10. The van der Waals surface area contributed by atoms with Crippen molar-refractivity contribution >= 4 is 23.2 Å². The lowest BCUT2D eigenvalue weighted by molar-refractivity contribution is 0.785. The predicted molar refractivity (Wildman–Crippen MR) is 56.7 cm³/mol. The zero-order valence-electron chi connectivity index (χ0n) is 7.48. The van der Waals surface area contributed by atoms with Crippen molar-refractivity contribution in [3.05, 3.63) is 39.6 Å². The van der Waals surface area contributed by atoms with Crippen LogP contribution in [0.5, 0.6) is 0 Å². The van der Waals surface area contributed by atoms with E-state index in [2.05, 4.69) is 20.6 Å². The van der Waals surface area contributed by atoms with E-state index >= 15 is 0 Å². The van der Waals surface area contributed by atoms with Crippen molar-refractivity contribution in [3.8, 4) is 0 Å². The number of halogens is 2. The van der Waals surface area contributed by atoms with Gasteiger partial charge in [0.2, 0.25) is 0 Å². The molecule has 0 saturated carbocycles. The molecule has 0 spiro atoms. The van der Waals surface area contributed by atoms with E-state index in [0.29, 0.717) is 21.4 Å². The van der Waals surface area contributed by atoms with E-state index in [0.717, 1.165) is 0 Å². The molecule has 1 aromatic heterocycles. The third kappa shape index (κ3) is 1.94. The molecule has 78 valence electrons. The molecule has 2 aromatic rings. The summed E-state index contributed by atoms with van der Waals surface area (Å²) in [4.78, 5) is 0. The van der Waals surface area contributed by atoms with Crippen LogP contribution in [0.4, 0.5) is 0 Å². The van der Waals surface area contributed by atoms with Gasteiger partial charge in [0.25, 0.3) is 0 Å². The van der Waals surface area contributed by atoms with E-state index < -0.39 is 6.04 Å². The molecule has 15 heavy (non-hydrogen) atoms. The Labute approximate surface area is 95.6 Å². The first kappa shape index (κ1) is 10.4. The summed E-state index contributed by atoms with van der Waals surface area (Å²) in [7, 11) is 0. The van der Waals surface area contributed by atoms with E-state index in [1.807, 2.05) is 0 Å². The van der Waals surface area contributed by atoms with Gasteiger partial charge in [-0.2, -0.15) is 5.21 Å². The lowest BCUT2D eigenvalue weighted by atomic mass is 10.1. The quantitative estimate of drug-likeness (QED) is 0.839. The van der Waals surface area contributed by atoms with Crippen LogP contribution in [0, 0.1) is 0 Å². The van der Waals surface area contributed by atoms with Crippen LogP contribution in [0.15, 0.2) is 18.2 Å². The summed E-state index contributed by atoms with van der Waals surface area (Å²) in [6.07, 6.45) is 0. The Morgan fingerprint density at radius 1 is 1.33 bits per heavy atom. The number of nitrogens with zero attached hydrogens (tertiary/aromatic N) is 3. The lowest BCUT2D eigenvalue weighted by Crippen LogP contribution is -2.14. The smallest absolute Gasteiger partial charge is 0.195 e. The van der Waals surface area contributed by atoms with Gasteiger partial charge in [-0.15, -0.1) is 10.2 Å². The molecule has 1 atom stereocenters. The van der Waals surface area contributed by atoms with Crippen LogP contribution < -0.4 is 5.73 Å². The molecule has 0 saturated heterocycles.